The number of nitrogens with zero attached hydrogens (tertiary/aromatic N) is 1. The summed E-state index contributed by atoms with van der Waals surface area (Å²) in [5.74, 6) is -0.771. The highest BCUT2D eigenvalue weighted by Gasteiger charge is 2.22. The zero-order valence-corrected chi connectivity index (χ0v) is 25.3. The maximum absolute atomic E-state index is 13.2. The van der Waals surface area contributed by atoms with Gasteiger partial charge in [0.1, 0.15) is 12.6 Å². The molecule has 4 N–H and O–H groups in total. The molecule has 12 heteroatoms. The van der Waals surface area contributed by atoms with E-state index >= 15 is 0 Å². The van der Waals surface area contributed by atoms with Gasteiger partial charge in [-0.15, -0.1) is 0 Å². The molecule has 3 aromatic rings. The summed E-state index contributed by atoms with van der Waals surface area (Å²) in [7, 11) is -0.0979. The van der Waals surface area contributed by atoms with Gasteiger partial charge in [-0.1, -0.05) is 61.2 Å². The lowest BCUT2D eigenvalue weighted by atomic mass is 10.1. The van der Waals surface area contributed by atoms with E-state index in [1.807, 2.05) is 67.5 Å². The summed E-state index contributed by atoms with van der Waals surface area (Å²) < 4.78 is 34.1. The van der Waals surface area contributed by atoms with E-state index in [2.05, 4.69) is 27.3 Å². The summed E-state index contributed by atoms with van der Waals surface area (Å²) >= 11 is 0. The SMILES string of the molecule is C=CC(=O)NCCCC[C@H](NC(=O)OCc1ccccc1)C(=O)NCCNS(=O)(=O)c1cccc2c(N(C)C)cccc12. The molecule has 0 spiro atoms. The van der Waals surface area contributed by atoms with Crippen LogP contribution in [0.5, 0.6) is 0 Å². The molecule has 0 saturated heterocycles. The summed E-state index contributed by atoms with van der Waals surface area (Å²) in [5.41, 5.74) is 1.69. The summed E-state index contributed by atoms with van der Waals surface area (Å²) in [4.78, 5) is 38.9. The predicted molar refractivity (Wildman–Crippen MR) is 167 cm³/mol. The molecule has 0 aliphatic rings. The number of amides is 3. The molecule has 3 amide bonds. The number of unbranched alkanes of at least 4 members (excludes halogenated alkanes) is 1. The number of carbonyl (C=O) groups is 3. The first-order chi connectivity index (χ1) is 20.6. The van der Waals surface area contributed by atoms with Crippen molar-refractivity contribution in [2.45, 2.75) is 36.8 Å². The van der Waals surface area contributed by atoms with Gasteiger partial charge in [0.15, 0.2) is 0 Å². The third-order valence-corrected chi connectivity index (χ3v) is 8.09. The number of benzene rings is 3. The molecule has 0 saturated carbocycles. The smallest absolute Gasteiger partial charge is 0.408 e. The average molecular weight is 610 g/mol. The Kier molecular flexibility index (Phi) is 12.5. The Morgan fingerprint density at radius 1 is 0.884 bits per heavy atom. The highest BCUT2D eigenvalue weighted by Crippen LogP contribution is 2.30. The molecule has 0 fully saturated rings. The first-order valence-corrected chi connectivity index (χ1v) is 15.4. The molecule has 3 rings (SSSR count). The molecule has 0 aromatic heterocycles. The monoisotopic (exact) mass is 609 g/mol. The topological polar surface area (TPSA) is 146 Å². The van der Waals surface area contributed by atoms with Crippen molar-refractivity contribution < 1.29 is 27.5 Å². The first-order valence-electron chi connectivity index (χ1n) is 14.0. The van der Waals surface area contributed by atoms with E-state index in [1.54, 1.807) is 18.2 Å². The van der Waals surface area contributed by atoms with Crippen molar-refractivity contribution in [3.05, 3.63) is 84.9 Å². The lowest BCUT2D eigenvalue weighted by Crippen LogP contribution is -2.48. The van der Waals surface area contributed by atoms with Crippen LogP contribution >= 0.6 is 0 Å². The summed E-state index contributed by atoms with van der Waals surface area (Å²) in [5, 5.41) is 9.35. The molecular weight excluding hydrogens is 570 g/mol. The third-order valence-electron chi connectivity index (χ3n) is 6.57. The van der Waals surface area contributed by atoms with Gasteiger partial charge in [-0.3, -0.25) is 9.59 Å². The van der Waals surface area contributed by atoms with Crippen molar-refractivity contribution in [1.82, 2.24) is 20.7 Å². The van der Waals surface area contributed by atoms with Gasteiger partial charge in [0, 0.05) is 50.2 Å². The quantitative estimate of drug-likeness (QED) is 0.144. The third kappa shape index (κ3) is 10.1. The van der Waals surface area contributed by atoms with Gasteiger partial charge in [-0.25, -0.2) is 17.9 Å². The summed E-state index contributed by atoms with van der Waals surface area (Å²) in [6, 6.07) is 18.8. The highest BCUT2D eigenvalue weighted by molar-refractivity contribution is 7.89. The minimum Gasteiger partial charge on any atom is -0.445 e. The molecule has 11 nitrogen and oxygen atoms in total. The molecule has 0 unspecified atom stereocenters. The minimum absolute atomic E-state index is 0.00158. The lowest BCUT2D eigenvalue weighted by molar-refractivity contribution is -0.123. The van der Waals surface area contributed by atoms with Crippen molar-refractivity contribution in [1.29, 1.82) is 0 Å². The van der Waals surface area contributed by atoms with E-state index in [4.69, 9.17) is 4.74 Å². The van der Waals surface area contributed by atoms with E-state index in [1.165, 1.54) is 6.08 Å². The van der Waals surface area contributed by atoms with Crippen molar-refractivity contribution in [2.24, 2.45) is 0 Å². The Morgan fingerprint density at radius 3 is 2.33 bits per heavy atom. The van der Waals surface area contributed by atoms with Crippen molar-refractivity contribution >= 4 is 44.4 Å². The number of fused-ring (bicyclic) bond motifs is 1. The molecular formula is C31H39N5O6S. The van der Waals surface area contributed by atoms with Crippen LogP contribution in [0.4, 0.5) is 10.5 Å². The number of hydrogen-bond acceptors (Lipinski definition) is 7. The van der Waals surface area contributed by atoms with Crippen molar-refractivity contribution in [3.8, 4) is 0 Å². The van der Waals surface area contributed by atoms with Crippen LogP contribution in [-0.2, 0) is 31.0 Å². The second kappa shape index (κ2) is 16.3. The fraction of sp³-hybridized carbons (Fsp3) is 0.323. The Bertz CT molecular complexity index is 1510. The number of rotatable bonds is 16. The van der Waals surface area contributed by atoms with Gasteiger partial charge in [-0.2, -0.15) is 0 Å². The second-order valence-electron chi connectivity index (χ2n) is 9.96. The van der Waals surface area contributed by atoms with Crippen LogP contribution in [0.1, 0.15) is 24.8 Å². The van der Waals surface area contributed by atoms with E-state index in [0.29, 0.717) is 24.8 Å². The Labute approximate surface area is 252 Å². The number of hydrogen-bond donors (Lipinski definition) is 4. The van der Waals surface area contributed by atoms with Crippen LogP contribution in [-0.4, -0.2) is 66.1 Å². The van der Waals surface area contributed by atoms with Crippen LogP contribution in [0.3, 0.4) is 0 Å². The number of anilines is 1. The number of nitrogens with one attached hydrogen (secondary N) is 4. The number of carbonyl (C=O) groups excluding carboxylic acids is 3. The molecule has 1 atom stereocenters. The second-order valence-corrected chi connectivity index (χ2v) is 11.7. The van der Waals surface area contributed by atoms with Crippen LogP contribution < -0.4 is 25.6 Å². The normalized spacial score (nSPS) is 11.8. The number of sulfonamides is 1. The van der Waals surface area contributed by atoms with Crippen molar-refractivity contribution in [3.63, 3.8) is 0 Å². The van der Waals surface area contributed by atoms with Crippen LogP contribution in [0, 0.1) is 0 Å². The highest BCUT2D eigenvalue weighted by atomic mass is 32.2. The Balaban J connectivity index is 1.57. The molecule has 0 bridgehead atoms. The zero-order valence-electron chi connectivity index (χ0n) is 24.5. The van der Waals surface area contributed by atoms with Gasteiger partial charge in [0.2, 0.25) is 21.8 Å². The molecule has 0 radical (unpaired) electrons. The molecule has 230 valence electrons. The number of ether oxygens (including phenoxy) is 1. The van der Waals surface area contributed by atoms with Gasteiger partial charge >= 0.3 is 6.09 Å². The van der Waals surface area contributed by atoms with Crippen LogP contribution in [0.25, 0.3) is 10.8 Å². The van der Waals surface area contributed by atoms with E-state index < -0.39 is 28.1 Å². The molecule has 3 aromatic carbocycles. The van der Waals surface area contributed by atoms with Gasteiger partial charge < -0.3 is 25.6 Å². The molecule has 0 heterocycles. The summed E-state index contributed by atoms with van der Waals surface area (Å²) in [6.07, 6.45) is 1.81. The van der Waals surface area contributed by atoms with Gasteiger partial charge in [0.25, 0.3) is 0 Å². The fourth-order valence-corrected chi connectivity index (χ4v) is 5.65. The van der Waals surface area contributed by atoms with E-state index in [-0.39, 0.29) is 36.9 Å². The number of alkyl carbamates (subject to hydrolysis) is 1. The van der Waals surface area contributed by atoms with Crippen molar-refractivity contribution in [2.75, 3.05) is 38.6 Å². The van der Waals surface area contributed by atoms with Crippen LogP contribution in [0.2, 0.25) is 0 Å². The Hall–Kier alpha value is -4.42. The first kappa shape index (κ1) is 33.1. The maximum atomic E-state index is 13.2. The standard InChI is InChI=1S/C31H39N5O6S/c1-4-29(37)32-19-9-8-16-26(35-31(39)42-22-23-12-6-5-7-13-23)30(38)33-20-21-34-43(40,41)28-18-11-14-24-25(28)15-10-17-27(24)36(2)3/h4-7,10-15,17-18,26,34H,1,8-9,16,19-22H2,2-3H3,(H,32,37)(H,33,38)(H,35,39)/t26-/m0/s1. The summed E-state index contributed by atoms with van der Waals surface area (Å²) in [6.45, 7) is 3.78. The average Bonchev–Trinajstić information content (AvgIpc) is 3.00. The maximum Gasteiger partial charge on any atom is 0.408 e. The fourth-order valence-electron chi connectivity index (χ4n) is 4.39. The van der Waals surface area contributed by atoms with E-state index in [9.17, 15) is 22.8 Å². The van der Waals surface area contributed by atoms with Gasteiger partial charge in [-0.05, 0) is 43.0 Å². The van der Waals surface area contributed by atoms with Gasteiger partial charge in [0.05, 0.1) is 4.90 Å². The zero-order chi connectivity index (χ0) is 31.2. The minimum atomic E-state index is -3.88. The molecule has 0 aliphatic carbocycles. The lowest BCUT2D eigenvalue weighted by Gasteiger charge is -2.19. The Morgan fingerprint density at radius 2 is 1.60 bits per heavy atom. The largest absolute Gasteiger partial charge is 0.445 e. The molecule has 43 heavy (non-hydrogen) atoms. The van der Waals surface area contributed by atoms with E-state index in [0.717, 1.165) is 16.6 Å². The van der Waals surface area contributed by atoms with Crippen LogP contribution in [0.15, 0.2) is 84.3 Å². The molecule has 0 aliphatic heterocycles. The predicted octanol–water partition coefficient (Wildman–Crippen LogP) is 3.07.